The summed E-state index contributed by atoms with van der Waals surface area (Å²) in [5, 5.41) is 13.0. The Kier molecular flexibility index (Phi) is 3.88. The molecule has 1 heterocycles. The van der Waals surface area contributed by atoms with Crippen LogP contribution in [0.2, 0.25) is 0 Å². The van der Waals surface area contributed by atoms with Gasteiger partial charge in [-0.1, -0.05) is 17.7 Å². The smallest absolute Gasteiger partial charge is 0.125 e. The van der Waals surface area contributed by atoms with Gasteiger partial charge < -0.3 is 9.90 Å². The van der Waals surface area contributed by atoms with Crippen molar-refractivity contribution in [2.45, 2.75) is 26.2 Å². The molecule has 1 atom stereocenters. The van der Waals surface area contributed by atoms with E-state index in [1.807, 2.05) is 24.4 Å². The molecule has 1 unspecified atom stereocenters. The largest absolute Gasteiger partial charge is 0.507 e. The number of nitrogens with zero attached hydrogens (tertiary/aromatic N) is 1. The second-order valence-corrected chi connectivity index (χ2v) is 6.32. The Balaban J connectivity index is 1.89. The zero-order chi connectivity index (χ0) is 14.8. The number of aryl methyl sites for hydroxylation is 1. The SMILES string of the molecule is Cc1ccc(O)c(-c2csc(C3=CCC(C=O)CC3)n2)c1. The standard InChI is InChI=1S/C17H17NO2S/c1-11-2-7-16(20)14(8-11)15-10-21-17(18-15)13-5-3-12(9-19)4-6-13/h2,5,7-10,12,20H,3-4,6H2,1H3. The molecule has 21 heavy (non-hydrogen) atoms. The average Bonchev–Trinajstić information content (AvgIpc) is 2.99. The summed E-state index contributed by atoms with van der Waals surface area (Å²) in [5.41, 5.74) is 3.91. The van der Waals surface area contributed by atoms with Crippen molar-refractivity contribution >= 4 is 23.2 Å². The molecule has 0 amide bonds. The minimum absolute atomic E-state index is 0.161. The van der Waals surface area contributed by atoms with Gasteiger partial charge in [0, 0.05) is 16.9 Å². The fourth-order valence-corrected chi connectivity index (χ4v) is 3.46. The van der Waals surface area contributed by atoms with Gasteiger partial charge in [0.2, 0.25) is 0 Å². The van der Waals surface area contributed by atoms with Crippen molar-refractivity contribution < 1.29 is 9.90 Å². The van der Waals surface area contributed by atoms with E-state index in [9.17, 15) is 9.90 Å². The van der Waals surface area contributed by atoms with Crippen LogP contribution in [-0.4, -0.2) is 16.4 Å². The van der Waals surface area contributed by atoms with Crippen LogP contribution in [-0.2, 0) is 4.79 Å². The highest BCUT2D eigenvalue weighted by Crippen LogP contribution is 2.35. The fourth-order valence-electron chi connectivity index (χ4n) is 2.57. The predicted octanol–water partition coefficient (Wildman–Crippen LogP) is 4.21. The third-order valence-electron chi connectivity index (χ3n) is 3.85. The van der Waals surface area contributed by atoms with Crippen molar-refractivity contribution in [3.8, 4) is 17.0 Å². The molecule has 108 valence electrons. The summed E-state index contributed by atoms with van der Waals surface area (Å²) < 4.78 is 0. The highest BCUT2D eigenvalue weighted by Gasteiger charge is 2.17. The van der Waals surface area contributed by atoms with E-state index in [4.69, 9.17) is 0 Å². The van der Waals surface area contributed by atoms with Crippen LogP contribution in [0.15, 0.2) is 29.7 Å². The quantitative estimate of drug-likeness (QED) is 0.864. The van der Waals surface area contributed by atoms with Gasteiger partial charge in [0.25, 0.3) is 0 Å². The first-order chi connectivity index (χ1) is 10.2. The molecule has 4 heteroatoms. The zero-order valence-corrected chi connectivity index (χ0v) is 12.7. The number of carbonyl (C=O) groups excluding carboxylic acids is 1. The predicted molar refractivity (Wildman–Crippen MR) is 85.3 cm³/mol. The number of rotatable bonds is 3. The molecule has 0 spiro atoms. The van der Waals surface area contributed by atoms with Gasteiger partial charge in [-0.2, -0.15) is 0 Å². The Labute approximate surface area is 128 Å². The lowest BCUT2D eigenvalue weighted by Crippen LogP contribution is -2.06. The van der Waals surface area contributed by atoms with Gasteiger partial charge in [0.15, 0.2) is 0 Å². The Bertz CT molecular complexity index is 703. The average molecular weight is 299 g/mol. The minimum Gasteiger partial charge on any atom is -0.507 e. The van der Waals surface area contributed by atoms with Gasteiger partial charge in [0.05, 0.1) is 5.69 Å². The van der Waals surface area contributed by atoms with E-state index in [0.717, 1.165) is 47.4 Å². The van der Waals surface area contributed by atoms with Crippen molar-refractivity contribution in [2.24, 2.45) is 5.92 Å². The lowest BCUT2D eigenvalue weighted by molar-refractivity contribution is -0.111. The molecule has 1 aromatic heterocycles. The Morgan fingerprint density at radius 1 is 1.43 bits per heavy atom. The molecule has 0 radical (unpaired) electrons. The minimum atomic E-state index is 0.161. The molecule has 0 aliphatic heterocycles. The highest BCUT2D eigenvalue weighted by molar-refractivity contribution is 7.11. The van der Waals surface area contributed by atoms with Crippen molar-refractivity contribution in [3.63, 3.8) is 0 Å². The van der Waals surface area contributed by atoms with E-state index in [0.29, 0.717) is 0 Å². The summed E-state index contributed by atoms with van der Waals surface area (Å²) in [6.45, 7) is 2.00. The summed E-state index contributed by atoms with van der Waals surface area (Å²) in [6, 6.07) is 5.54. The number of phenolic OH excluding ortho intramolecular Hbond substituents is 1. The van der Waals surface area contributed by atoms with E-state index < -0.39 is 0 Å². The second kappa shape index (κ2) is 5.82. The summed E-state index contributed by atoms with van der Waals surface area (Å²) in [7, 11) is 0. The van der Waals surface area contributed by atoms with E-state index in [-0.39, 0.29) is 11.7 Å². The third-order valence-corrected chi connectivity index (χ3v) is 4.77. The molecule has 1 aromatic carbocycles. The van der Waals surface area contributed by atoms with E-state index in [2.05, 4.69) is 11.1 Å². The monoisotopic (exact) mass is 299 g/mol. The van der Waals surface area contributed by atoms with Crippen LogP contribution in [0, 0.1) is 12.8 Å². The van der Waals surface area contributed by atoms with Crippen LogP contribution in [0.4, 0.5) is 0 Å². The van der Waals surface area contributed by atoms with Crippen LogP contribution in [0.3, 0.4) is 0 Å². The van der Waals surface area contributed by atoms with Crippen molar-refractivity contribution in [1.29, 1.82) is 0 Å². The molecule has 0 bridgehead atoms. The maximum atomic E-state index is 10.8. The molecule has 1 N–H and O–H groups in total. The molecule has 3 rings (SSSR count). The van der Waals surface area contributed by atoms with Gasteiger partial charge >= 0.3 is 0 Å². The highest BCUT2D eigenvalue weighted by atomic mass is 32.1. The Hall–Kier alpha value is -1.94. The zero-order valence-electron chi connectivity index (χ0n) is 11.9. The van der Waals surface area contributed by atoms with Gasteiger partial charge in [-0.25, -0.2) is 4.98 Å². The number of carbonyl (C=O) groups is 1. The number of hydrogen-bond donors (Lipinski definition) is 1. The normalized spacial score (nSPS) is 18.3. The van der Waals surface area contributed by atoms with Gasteiger partial charge in [-0.3, -0.25) is 0 Å². The van der Waals surface area contributed by atoms with E-state index >= 15 is 0 Å². The summed E-state index contributed by atoms with van der Waals surface area (Å²) in [4.78, 5) is 15.5. The molecule has 2 aromatic rings. The lowest BCUT2D eigenvalue weighted by Gasteiger charge is -2.15. The molecular formula is C17H17NO2S. The van der Waals surface area contributed by atoms with Gasteiger partial charge in [0.1, 0.15) is 17.0 Å². The Morgan fingerprint density at radius 2 is 2.29 bits per heavy atom. The topological polar surface area (TPSA) is 50.2 Å². The molecule has 0 saturated heterocycles. The number of hydrogen-bond acceptors (Lipinski definition) is 4. The number of thiazole rings is 1. The van der Waals surface area contributed by atoms with Crippen LogP contribution in [0.5, 0.6) is 5.75 Å². The fraction of sp³-hybridized carbons (Fsp3) is 0.294. The number of allylic oxidation sites excluding steroid dienone is 2. The molecule has 0 saturated carbocycles. The first-order valence-corrected chi connectivity index (χ1v) is 7.95. The first-order valence-electron chi connectivity index (χ1n) is 7.07. The summed E-state index contributed by atoms with van der Waals surface area (Å²) in [5.74, 6) is 0.421. The van der Waals surface area contributed by atoms with Crippen LogP contribution in [0.1, 0.15) is 29.8 Å². The van der Waals surface area contributed by atoms with Crippen molar-refractivity contribution in [1.82, 2.24) is 4.98 Å². The number of benzene rings is 1. The molecule has 1 aliphatic rings. The van der Waals surface area contributed by atoms with Crippen molar-refractivity contribution in [2.75, 3.05) is 0 Å². The maximum absolute atomic E-state index is 10.8. The number of aldehydes is 1. The Morgan fingerprint density at radius 3 is 3.00 bits per heavy atom. The number of aromatic nitrogens is 1. The number of aromatic hydroxyl groups is 1. The van der Waals surface area contributed by atoms with Crippen LogP contribution in [0.25, 0.3) is 16.8 Å². The molecule has 1 aliphatic carbocycles. The first kappa shape index (κ1) is 14.0. The van der Waals surface area contributed by atoms with Crippen LogP contribution >= 0.6 is 11.3 Å². The second-order valence-electron chi connectivity index (χ2n) is 5.46. The molecular weight excluding hydrogens is 282 g/mol. The van der Waals surface area contributed by atoms with E-state index in [1.165, 1.54) is 5.57 Å². The molecule has 3 nitrogen and oxygen atoms in total. The van der Waals surface area contributed by atoms with Gasteiger partial charge in [-0.05, 0) is 43.9 Å². The number of phenols is 1. The summed E-state index contributed by atoms with van der Waals surface area (Å²) in [6.07, 6.45) is 5.78. The molecule has 0 fully saturated rings. The summed E-state index contributed by atoms with van der Waals surface area (Å²) >= 11 is 1.60. The van der Waals surface area contributed by atoms with Crippen LogP contribution < -0.4 is 0 Å². The van der Waals surface area contributed by atoms with E-state index in [1.54, 1.807) is 17.4 Å². The van der Waals surface area contributed by atoms with Crippen molar-refractivity contribution in [3.05, 3.63) is 40.2 Å². The van der Waals surface area contributed by atoms with Gasteiger partial charge in [-0.15, -0.1) is 11.3 Å². The maximum Gasteiger partial charge on any atom is 0.125 e. The third kappa shape index (κ3) is 2.90. The lowest BCUT2D eigenvalue weighted by atomic mass is 9.91.